The van der Waals surface area contributed by atoms with Crippen molar-refractivity contribution < 1.29 is 0 Å². The van der Waals surface area contributed by atoms with E-state index in [1.54, 1.807) is 4.52 Å². The van der Waals surface area contributed by atoms with Crippen LogP contribution in [-0.2, 0) is 0 Å². The minimum absolute atomic E-state index is 0.287. The second kappa shape index (κ2) is 3.10. The van der Waals surface area contributed by atoms with Crippen molar-refractivity contribution >= 4 is 5.65 Å². The van der Waals surface area contributed by atoms with Gasteiger partial charge in [-0.3, -0.25) is 0 Å². The van der Waals surface area contributed by atoms with Crippen LogP contribution in [0.25, 0.3) is 5.65 Å². The lowest BCUT2D eigenvalue weighted by atomic mass is 10.0. The summed E-state index contributed by atoms with van der Waals surface area (Å²) in [5, 5.41) is 11.3. The van der Waals surface area contributed by atoms with Gasteiger partial charge < -0.3 is 5.73 Å². The molecule has 2 heterocycles. The summed E-state index contributed by atoms with van der Waals surface area (Å²) < 4.78 is 1.65. The van der Waals surface area contributed by atoms with Gasteiger partial charge >= 0.3 is 0 Å². The van der Waals surface area contributed by atoms with Crippen LogP contribution < -0.4 is 5.73 Å². The van der Waals surface area contributed by atoms with Crippen LogP contribution in [0.2, 0.25) is 0 Å². The Hall–Kier alpha value is -1.49. The molecule has 2 aromatic heterocycles. The van der Waals surface area contributed by atoms with Gasteiger partial charge in [-0.15, -0.1) is 5.10 Å². The molecule has 5 heteroatoms. The van der Waals surface area contributed by atoms with Gasteiger partial charge in [-0.2, -0.15) is 0 Å². The number of hydrogen-bond acceptors (Lipinski definition) is 4. The lowest BCUT2D eigenvalue weighted by Crippen LogP contribution is -2.10. The van der Waals surface area contributed by atoms with Crippen LogP contribution in [0.3, 0.4) is 0 Å². The number of hydrogen-bond donors (Lipinski definition) is 1. The molecule has 0 radical (unpaired) electrons. The standard InChI is InChI=1S/C8H11N5/c1-6(5-9)7-3-2-4-13-8(7)10-11-12-13/h2-4,6H,5,9H2,1H3. The third kappa shape index (κ3) is 1.27. The topological polar surface area (TPSA) is 69.1 Å². The number of nitrogens with two attached hydrogens (primary N) is 1. The molecule has 0 saturated carbocycles. The van der Waals surface area contributed by atoms with Gasteiger partial charge in [0.2, 0.25) is 0 Å². The van der Waals surface area contributed by atoms with E-state index in [1.807, 2.05) is 18.3 Å². The summed E-state index contributed by atoms with van der Waals surface area (Å²) in [6, 6.07) is 3.92. The van der Waals surface area contributed by atoms with E-state index >= 15 is 0 Å². The van der Waals surface area contributed by atoms with Crippen LogP contribution in [-0.4, -0.2) is 26.6 Å². The SMILES string of the molecule is CC(CN)c1cccn2nnnc12. The summed E-state index contributed by atoms with van der Waals surface area (Å²) in [5.41, 5.74) is 7.47. The van der Waals surface area contributed by atoms with E-state index in [-0.39, 0.29) is 5.92 Å². The van der Waals surface area contributed by atoms with Crippen molar-refractivity contribution in [3.05, 3.63) is 23.9 Å². The quantitative estimate of drug-likeness (QED) is 0.710. The molecule has 0 aliphatic carbocycles. The molecule has 0 spiro atoms. The van der Waals surface area contributed by atoms with Gasteiger partial charge in [0.25, 0.3) is 0 Å². The fourth-order valence-corrected chi connectivity index (χ4v) is 1.30. The van der Waals surface area contributed by atoms with Crippen LogP contribution in [0.15, 0.2) is 18.3 Å². The van der Waals surface area contributed by atoms with Gasteiger partial charge in [-0.1, -0.05) is 13.0 Å². The second-order valence-electron chi connectivity index (χ2n) is 3.05. The smallest absolute Gasteiger partial charge is 0.182 e. The highest BCUT2D eigenvalue weighted by Gasteiger charge is 2.09. The number of rotatable bonds is 2. The molecule has 13 heavy (non-hydrogen) atoms. The normalized spacial score (nSPS) is 13.4. The first-order valence-corrected chi connectivity index (χ1v) is 4.19. The van der Waals surface area contributed by atoms with Crippen LogP contribution in [0, 0.1) is 0 Å². The molecule has 2 aromatic rings. The lowest BCUT2D eigenvalue weighted by molar-refractivity contribution is 0.768. The number of pyridine rings is 1. The third-order valence-corrected chi connectivity index (χ3v) is 2.14. The van der Waals surface area contributed by atoms with Crippen molar-refractivity contribution in [1.29, 1.82) is 0 Å². The van der Waals surface area contributed by atoms with E-state index in [1.165, 1.54) is 0 Å². The zero-order chi connectivity index (χ0) is 9.26. The molecule has 0 bridgehead atoms. The van der Waals surface area contributed by atoms with E-state index in [9.17, 15) is 0 Å². The monoisotopic (exact) mass is 177 g/mol. The van der Waals surface area contributed by atoms with Crippen LogP contribution in [0.4, 0.5) is 0 Å². The number of tetrazole rings is 1. The number of nitrogens with zero attached hydrogens (tertiary/aromatic N) is 4. The summed E-state index contributed by atoms with van der Waals surface area (Å²) >= 11 is 0. The molecule has 2 N–H and O–H groups in total. The van der Waals surface area contributed by atoms with Gasteiger partial charge in [0, 0.05) is 11.8 Å². The molecular formula is C8H11N5. The minimum Gasteiger partial charge on any atom is -0.330 e. The van der Waals surface area contributed by atoms with Crippen molar-refractivity contribution in [2.24, 2.45) is 5.73 Å². The molecule has 1 unspecified atom stereocenters. The molecule has 0 fully saturated rings. The largest absolute Gasteiger partial charge is 0.330 e. The van der Waals surface area contributed by atoms with Gasteiger partial charge in [0.05, 0.1) is 0 Å². The summed E-state index contributed by atoms with van der Waals surface area (Å²) in [7, 11) is 0. The Morgan fingerprint density at radius 1 is 1.62 bits per heavy atom. The van der Waals surface area contributed by atoms with Crippen LogP contribution >= 0.6 is 0 Å². The van der Waals surface area contributed by atoms with E-state index < -0.39 is 0 Å². The average molecular weight is 177 g/mol. The molecule has 68 valence electrons. The molecule has 2 rings (SSSR count). The Balaban J connectivity index is 2.60. The van der Waals surface area contributed by atoms with E-state index in [0.717, 1.165) is 11.2 Å². The molecule has 0 aromatic carbocycles. The lowest BCUT2D eigenvalue weighted by Gasteiger charge is -2.07. The first-order chi connectivity index (χ1) is 6.33. The first kappa shape index (κ1) is 8.12. The Kier molecular flexibility index (Phi) is 1.94. The van der Waals surface area contributed by atoms with Crippen LogP contribution in [0.5, 0.6) is 0 Å². The molecule has 1 atom stereocenters. The van der Waals surface area contributed by atoms with Gasteiger partial charge in [-0.25, -0.2) is 4.52 Å². The van der Waals surface area contributed by atoms with E-state index in [2.05, 4.69) is 22.4 Å². The molecule has 0 aliphatic rings. The Morgan fingerprint density at radius 3 is 3.23 bits per heavy atom. The Labute approximate surface area is 75.5 Å². The van der Waals surface area contributed by atoms with Gasteiger partial charge in [0.15, 0.2) is 5.65 Å². The minimum atomic E-state index is 0.287. The maximum absolute atomic E-state index is 5.59. The summed E-state index contributed by atoms with van der Waals surface area (Å²) in [4.78, 5) is 0. The van der Waals surface area contributed by atoms with Crippen molar-refractivity contribution in [2.45, 2.75) is 12.8 Å². The molecule has 5 nitrogen and oxygen atoms in total. The second-order valence-corrected chi connectivity index (χ2v) is 3.05. The molecule has 0 aliphatic heterocycles. The van der Waals surface area contributed by atoms with Crippen molar-refractivity contribution in [3.8, 4) is 0 Å². The first-order valence-electron chi connectivity index (χ1n) is 4.19. The Morgan fingerprint density at radius 2 is 2.46 bits per heavy atom. The fraction of sp³-hybridized carbons (Fsp3) is 0.375. The van der Waals surface area contributed by atoms with Gasteiger partial charge in [0.1, 0.15) is 0 Å². The Bertz CT molecular complexity index is 408. The number of aromatic nitrogens is 4. The van der Waals surface area contributed by atoms with Crippen molar-refractivity contribution in [3.63, 3.8) is 0 Å². The predicted molar refractivity (Wildman–Crippen MR) is 48.3 cm³/mol. The maximum Gasteiger partial charge on any atom is 0.182 e. The zero-order valence-corrected chi connectivity index (χ0v) is 7.38. The summed E-state index contributed by atoms with van der Waals surface area (Å²) in [6.45, 7) is 2.66. The summed E-state index contributed by atoms with van der Waals surface area (Å²) in [6.07, 6.45) is 1.82. The molecule has 0 saturated heterocycles. The highest BCUT2D eigenvalue weighted by Crippen LogP contribution is 2.16. The van der Waals surface area contributed by atoms with Gasteiger partial charge in [-0.05, 0) is 29.0 Å². The fourth-order valence-electron chi connectivity index (χ4n) is 1.30. The summed E-state index contributed by atoms with van der Waals surface area (Å²) in [5.74, 6) is 0.287. The highest BCUT2D eigenvalue weighted by atomic mass is 15.5. The third-order valence-electron chi connectivity index (χ3n) is 2.14. The van der Waals surface area contributed by atoms with Crippen molar-refractivity contribution in [1.82, 2.24) is 20.0 Å². The number of fused-ring (bicyclic) bond motifs is 1. The molecular weight excluding hydrogens is 166 g/mol. The average Bonchev–Trinajstić information content (AvgIpc) is 2.63. The van der Waals surface area contributed by atoms with E-state index in [0.29, 0.717) is 6.54 Å². The molecule has 0 amide bonds. The van der Waals surface area contributed by atoms with Crippen molar-refractivity contribution in [2.75, 3.05) is 6.54 Å². The van der Waals surface area contributed by atoms with E-state index in [4.69, 9.17) is 5.73 Å². The predicted octanol–water partition coefficient (Wildman–Crippen LogP) is 0.186. The van der Waals surface area contributed by atoms with Crippen LogP contribution in [0.1, 0.15) is 18.4 Å². The highest BCUT2D eigenvalue weighted by molar-refractivity contribution is 5.47. The maximum atomic E-state index is 5.59. The zero-order valence-electron chi connectivity index (χ0n) is 7.38.